The second-order valence-electron chi connectivity index (χ2n) is 5.91. The first-order chi connectivity index (χ1) is 12.4. The Balaban J connectivity index is 2.56. The van der Waals surface area contributed by atoms with Crippen molar-refractivity contribution in [1.29, 1.82) is 5.26 Å². The van der Waals surface area contributed by atoms with Crippen LogP contribution in [0.2, 0.25) is 5.02 Å². The number of nitriles is 1. The third-order valence-corrected chi connectivity index (χ3v) is 4.20. The number of ether oxygens (including phenoxy) is 1. The summed E-state index contributed by atoms with van der Waals surface area (Å²) in [6.07, 6.45) is 0.420. The molecule has 0 radical (unpaired) electrons. The molecule has 0 fully saturated rings. The maximum Gasteiger partial charge on any atom is 0.250 e. The molecule has 0 aliphatic rings. The van der Waals surface area contributed by atoms with E-state index in [0.29, 0.717) is 34.0 Å². The lowest BCUT2D eigenvalue weighted by atomic mass is 9.96. The van der Waals surface area contributed by atoms with E-state index in [0.717, 1.165) is 5.56 Å². The van der Waals surface area contributed by atoms with Crippen molar-refractivity contribution in [2.75, 3.05) is 19.0 Å². The zero-order valence-corrected chi connectivity index (χ0v) is 15.3. The van der Waals surface area contributed by atoms with E-state index in [1.54, 1.807) is 25.1 Å². The molecule has 0 spiro atoms. The minimum Gasteiger partial charge on any atom is -0.495 e. The van der Waals surface area contributed by atoms with Gasteiger partial charge in [0.25, 0.3) is 5.91 Å². The average Bonchev–Trinajstić information content (AvgIpc) is 2.63. The van der Waals surface area contributed by atoms with Gasteiger partial charge in [0, 0.05) is 6.04 Å². The molecule has 26 heavy (non-hydrogen) atoms. The Labute approximate surface area is 157 Å². The van der Waals surface area contributed by atoms with E-state index in [1.807, 2.05) is 12.1 Å². The van der Waals surface area contributed by atoms with Crippen LogP contribution in [0.5, 0.6) is 5.75 Å². The van der Waals surface area contributed by atoms with Crippen LogP contribution in [0.15, 0.2) is 30.3 Å². The summed E-state index contributed by atoms with van der Waals surface area (Å²) in [7, 11) is 1.53. The maximum atomic E-state index is 11.9. The van der Waals surface area contributed by atoms with Crippen LogP contribution in [0.25, 0.3) is 0 Å². The van der Waals surface area contributed by atoms with E-state index in [-0.39, 0.29) is 18.2 Å². The first-order valence-electron chi connectivity index (χ1n) is 7.96. The van der Waals surface area contributed by atoms with Crippen molar-refractivity contribution >= 4 is 23.2 Å². The number of halogens is 1. The van der Waals surface area contributed by atoms with Crippen molar-refractivity contribution in [1.82, 2.24) is 0 Å². The van der Waals surface area contributed by atoms with E-state index in [4.69, 9.17) is 22.1 Å². The highest BCUT2D eigenvalue weighted by Crippen LogP contribution is 2.30. The first-order valence-corrected chi connectivity index (χ1v) is 8.34. The Morgan fingerprint density at radius 1 is 1.42 bits per heavy atom. The normalized spacial score (nSPS) is 11.5. The topological polar surface area (TPSA) is 108 Å². The van der Waals surface area contributed by atoms with Crippen LogP contribution in [0.4, 0.5) is 5.69 Å². The lowest BCUT2D eigenvalue weighted by Gasteiger charge is -2.20. The zero-order chi connectivity index (χ0) is 19.3. The number of nitrogens with one attached hydrogen (secondary N) is 1. The molecule has 0 aliphatic carbocycles. The number of carbonyl (C=O) groups excluding carboxylic acids is 1. The number of nitrogens with two attached hydrogens (primary N) is 1. The van der Waals surface area contributed by atoms with Gasteiger partial charge >= 0.3 is 0 Å². The molecule has 0 aromatic heterocycles. The number of hydrogen-bond donors (Lipinski definition) is 3. The highest BCUT2D eigenvalue weighted by molar-refractivity contribution is 6.32. The van der Waals surface area contributed by atoms with Gasteiger partial charge in [-0.2, -0.15) is 5.26 Å². The summed E-state index contributed by atoms with van der Waals surface area (Å²) in [4.78, 5) is 11.9. The second-order valence-corrected chi connectivity index (χ2v) is 6.31. The highest BCUT2D eigenvalue weighted by atomic mass is 35.5. The van der Waals surface area contributed by atoms with Crippen LogP contribution in [-0.2, 0) is 6.42 Å². The van der Waals surface area contributed by atoms with Gasteiger partial charge in [0.05, 0.1) is 41.6 Å². The van der Waals surface area contributed by atoms with E-state index >= 15 is 0 Å². The van der Waals surface area contributed by atoms with Crippen LogP contribution in [0.1, 0.15) is 34.0 Å². The van der Waals surface area contributed by atoms with Crippen molar-refractivity contribution in [3.05, 3.63) is 57.6 Å². The molecule has 2 rings (SSSR count). The van der Waals surface area contributed by atoms with E-state index in [1.165, 1.54) is 13.2 Å². The molecule has 0 bridgehead atoms. The zero-order valence-electron chi connectivity index (χ0n) is 14.5. The highest BCUT2D eigenvalue weighted by Gasteiger charge is 2.17. The van der Waals surface area contributed by atoms with Crippen molar-refractivity contribution in [2.45, 2.75) is 19.4 Å². The van der Waals surface area contributed by atoms with Crippen LogP contribution < -0.4 is 15.8 Å². The number of anilines is 1. The van der Waals surface area contributed by atoms with Crippen molar-refractivity contribution in [2.24, 2.45) is 5.73 Å². The standard InChI is InChI=1S/C19H20ClN3O3/c1-11(10-24)23-18-14(6-13(9-21)7-15(18)19(22)25)5-12-3-4-16(20)17(8-12)26-2/h3-4,6-8,11,23-24H,5,10H2,1-2H3,(H2,22,25). The number of rotatable bonds is 7. The molecule has 4 N–H and O–H groups in total. The monoisotopic (exact) mass is 373 g/mol. The smallest absolute Gasteiger partial charge is 0.250 e. The number of carbonyl (C=O) groups is 1. The fourth-order valence-electron chi connectivity index (χ4n) is 2.60. The van der Waals surface area contributed by atoms with Gasteiger partial charge < -0.3 is 20.9 Å². The van der Waals surface area contributed by atoms with E-state index in [2.05, 4.69) is 5.32 Å². The Bertz CT molecular complexity index is 862. The van der Waals surface area contributed by atoms with Gasteiger partial charge in [-0.1, -0.05) is 17.7 Å². The summed E-state index contributed by atoms with van der Waals surface area (Å²) in [6.45, 7) is 1.66. The molecule has 2 aromatic carbocycles. The van der Waals surface area contributed by atoms with E-state index in [9.17, 15) is 15.2 Å². The fraction of sp³-hybridized carbons (Fsp3) is 0.263. The molecule has 1 unspecified atom stereocenters. The molecule has 1 atom stereocenters. The number of benzene rings is 2. The largest absolute Gasteiger partial charge is 0.495 e. The fourth-order valence-corrected chi connectivity index (χ4v) is 2.79. The summed E-state index contributed by atoms with van der Waals surface area (Å²) in [5, 5.41) is 22.2. The first kappa shape index (κ1) is 19.6. The van der Waals surface area contributed by atoms with Crippen molar-refractivity contribution < 1.29 is 14.6 Å². The van der Waals surface area contributed by atoms with Gasteiger partial charge in [-0.15, -0.1) is 0 Å². The molecule has 7 heteroatoms. The third-order valence-electron chi connectivity index (χ3n) is 3.89. The Hall–Kier alpha value is -2.75. The van der Waals surface area contributed by atoms with Gasteiger partial charge in [-0.25, -0.2) is 0 Å². The number of methoxy groups -OCH3 is 1. The average molecular weight is 374 g/mol. The van der Waals surface area contributed by atoms with E-state index < -0.39 is 5.91 Å². The summed E-state index contributed by atoms with van der Waals surface area (Å²) in [6, 6.07) is 10.3. The molecule has 0 saturated carbocycles. The molecular weight excluding hydrogens is 354 g/mol. The molecule has 1 amide bonds. The molecule has 136 valence electrons. The molecule has 6 nitrogen and oxygen atoms in total. The summed E-state index contributed by atoms with van der Waals surface area (Å²) in [5.74, 6) is -0.112. The van der Waals surface area contributed by atoms with Gasteiger partial charge in [-0.3, -0.25) is 4.79 Å². The van der Waals surface area contributed by atoms with Crippen molar-refractivity contribution in [3.8, 4) is 11.8 Å². The molecule has 0 saturated heterocycles. The van der Waals surface area contributed by atoms with Gasteiger partial charge in [0.1, 0.15) is 5.75 Å². The quantitative estimate of drug-likeness (QED) is 0.691. The second kappa shape index (κ2) is 8.56. The predicted octanol–water partition coefficient (Wildman–Crippen LogP) is 2.70. The summed E-state index contributed by atoms with van der Waals surface area (Å²) >= 11 is 6.06. The Morgan fingerprint density at radius 3 is 2.73 bits per heavy atom. The SMILES string of the molecule is COc1cc(Cc2cc(C#N)cc(C(N)=O)c2NC(C)CO)ccc1Cl. The number of amides is 1. The number of hydrogen-bond acceptors (Lipinski definition) is 5. The molecule has 0 heterocycles. The summed E-state index contributed by atoms with van der Waals surface area (Å²) in [5.41, 5.74) is 8.14. The number of aliphatic hydroxyl groups is 1. The molecule has 0 aliphatic heterocycles. The summed E-state index contributed by atoms with van der Waals surface area (Å²) < 4.78 is 5.24. The van der Waals surface area contributed by atoms with Crippen molar-refractivity contribution in [3.63, 3.8) is 0 Å². The number of aliphatic hydroxyl groups excluding tert-OH is 1. The number of nitrogens with zero attached hydrogens (tertiary/aromatic N) is 1. The van der Waals surface area contributed by atoms with Crippen LogP contribution in [-0.4, -0.2) is 30.8 Å². The van der Waals surface area contributed by atoms with Gasteiger partial charge in [-0.05, 0) is 48.7 Å². The van der Waals surface area contributed by atoms with Crippen LogP contribution >= 0.6 is 11.6 Å². The third kappa shape index (κ3) is 4.45. The molecule has 2 aromatic rings. The van der Waals surface area contributed by atoms with Crippen LogP contribution in [0.3, 0.4) is 0 Å². The maximum absolute atomic E-state index is 11.9. The minimum absolute atomic E-state index is 0.119. The lowest BCUT2D eigenvalue weighted by Crippen LogP contribution is -2.24. The van der Waals surface area contributed by atoms with Gasteiger partial charge in [0.15, 0.2) is 0 Å². The Kier molecular flexibility index (Phi) is 6.45. The molecular formula is C19H20ClN3O3. The Morgan fingerprint density at radius 2 is 2.15 bits per heavy atom. The minimum atomic E-state index is -0.648. The number of primary amides is 1. The predicted molar refractivity (Wildman–Crippen MR) is 101 cm³/mol. The van der Waals surface area contributed by atoms with Gasteiger partial charge in [0.2, 0.25) is 0 Å². The lowest BCUT2D eigenvalue weighted by molar-refractivity contribution is 0.100. The van der Waals surface area contributed by atoms with Crippen LogP contribution in [0, 0.1) is 11.3 Å².